The highest BCUT2D eigenvalue weighted by molar-refractivity contribution is 7.95. The maximum absolute atomic E-state index is 12.3. The van der Waals surface area contributed by atoms with E-state index in [-0.39, 0.29) is 9.34 Å². The zero-order valence-electron chi connectivity index (χ0n) is 12.0. The van der Waals surface area contributed by atoms with Crippen LogP contribution in [0.15, 0.2) is 28.5 Å². The van der Waals surface area contributed by atoms with Crippen molar-refractivity contribution in [2.75, 3.05) is 18.9 Å². The van der Waals surface area contributed by atoms with Gasteiger partial charge in [0.2, 0.25) is 0 Å². The molecule has 0 aliphatic rings. The molecule has 0 radical (unpaired) electrons. The van der Waals surface area contributed by atoms with Crippen LogP contribution in [0.1, 0.15) is 0 Å². The van der Waals surface area contributed by atoms with Crippen LogP contribution in [-0.4, -0.2) is 27.6 Å². The van der Waals surface area contributed by atoms with E-state index in [9.17, 15) is 8.42 Å². The van der Waals surface area contributed by atoms with Crippen molar-refractivity contribution in [2.24, 2.45) is 0 Å². The molecule has 0 spiro atoms. The van der Waals surface area contributed by atoms with Gasteiger partial charge in [0.1, 0.15) is 4.21 Å². The zero-order valence-corrected chi connectivity index (χ0v) is 15.2. The van der Waals surface area contributed by atoms with E-state index in [0.29, 0.717) is 21.4 Å². The number of fused-ring (bicyclic) bond motifs is 1. The third-order valence-electron chi connectivity index (χ3n) is 2.93. The molecule has 0 atom stereocenters. The number of aromatic nitrogens is 1. The lowest BCUT2D eigenvalue weighted by molar-refractivity contribution is 0.356. The van der Waals surface area contributed by atoms with Gasteiger partial charge < -0.3 is 9.47 Å². The number of halogens is 1. The minimum absolute atomic E-state index is 0.136. The molecule has 3 rings (SSSR count). The Morgan fingerprint density at radius 3 is 2.43 bits per heavy atom. The molecule has 0 bridgehead atoms. The number of hydrogen-bond acceptors (Lipinski definition) is 7. The van der Waals surface area contributed by atoms with Crippen molar-refractivity contribution in [3.05, 3.63) is 28.6 Å². The summed E-state index contributed by atoms with van der Waals surface area (Å²) in [7, 11) is -0.637. The molecule has 0 unspecified atom stereocenters. The standard InChI is InChI=1S/C13H11ClN2O4S3/c1-19-8-5-7-10(6-9(8)20-2)21-13(15-7)16-23(17,18)12-4-3-11(14)22-12/h3-6H,1-2H3,(H,15,16). The molecule has 0 saturated heterocycles. The first-order valence-corrected chi connectivity index (χ1v) is 9.73. The van der Waals surface area contributed by atoms with E-state index in [1.807, 2.05) is 0 Å². The number of ether oxygens (including phenoxy) is 2. The van der Waals surface area contributed by atoms with E-state index in [1.165, 1.54) is 37.7 Å². The molecule has 2 aromatic heterocycles. The monoisotopic (exact) mass is 390 g/mol. The molecule has 0 amide bonds. The minimum Gasteiger partial charge on any atom is -0.493 e. The molecule has 0 aliphatic heterocycles. The Labute approximate surface area is 145 Å². The number of nitrogens with one attached hydrogen (secondary N) is 1. The topological polar surface area (TPSA) is 77.5 Å². The fourth-order valence-corrected chi connectivity index (χ4v) is 5.50. The summed E-state index contributed by atoms with van der Waals surface area (Å²) >= 11 is 7.98. The Hall–Kier alpha value is -1.55. The van der Waals surface area contributed by atoms with Crippen LogP contribution in [0, 0.1) is 0 Å². The maximum Gasteiger partial charge on any atom is 0.273 e. The lowest BCUT2D eigenvalue weighted by Gasteiger charge is -2.05. The lowest BCUT2D eigenvalue weighted by Crippen LogP contribution is -2.10. The number of hydrogen-bond donors (Lipinski definition) is 1. The van der Waals surface area contributed by atoms with Gasteiger partial charge in [-0.2, -0.15) is 0 Å². The summed E-state index contributed by atoms with van der Waals surface area (Å²) in [6, 6.07) is 6.44. The molecular weight excluding hydrogens is 380 g/mol. The molecule has 1 N–H and O–H groups in total. The van der Waals surface area contributed by atoms with Crippen molar-refractivity contribution in [3.63, 3.8) is 0 Å². The Bertz CT molecular complexity index is 924. The zero-order chi connectivity index (χ0) is 16.6. The third kappa shape index (κ3) is 3.23. The summed E-state index contributed by atoms with van der Waals surface area (Å²) in [4.78, 5) is 4.28. The van der Waals surface area contributed by atoms with Gasteiger partial charge in [0.15, 0.2) is 16.6 Å². The molecule has 0 saturated carbocycles. The van der Waals surface area contributed by atoms with E-state index in [2.05, 4.69) is 9.71 Å². The van der Waals surface area contributed by atoms with E-state index in [1.54, 1.807) is 12.1 Å². The number of thiazole rings is 1. The Kier molecular flexibility index (Phi) is 4.37. The minimum atomic E-state index is -3.70. The number of sulfonamides is 1. The Morgan fingerprint density at radius 2 is 1.83 bits per heavy atom. The van der Waals surface area contributed by atoms with Crippen molar-refractivity contribution in [2.45, 2.75) is 4.21 Å². The van der Waals surface area contributed by atoms with E-state index in [0.717, 1.165) is 16.0 Å². The normalized spacial score (nSPS) is 11.6. The number of thiophene rings is 1. The first-order chi connectivity index (χ1) is 10.9. The van der Waals surface area contributed by atoms with Gasteiger partial charge in [-0.25, -0.2) is 13.4 Å². The van der Waals surface area contributed by atoms with Gasteiger partial charge in [0.05, 0.1) is 28.8 Å². The molecule has 23 heavy (non-hydrogen) atoms. The van der Waals surface area contributed by atoms with Crippen molar-refractivity contribution < 1.29 is 17.9 Å². The van der Waals surface area contributed by atoms with Crippen LogP contribution in [0.25, 0.3) is 10.2 Å². The lowest BCUT2D eigenvalue weighted by atomic mass is 10.3. The predicted molar refractivity (Wildman–Crippen MR) is 92.9 cm³/mol. The Balaban J connectivity index is 1.98. The van der Waals surface area contributed by atoms with E-state index < -0.39 is 10.0 Å². The van der Waals surface area contributed by atoms with Gasteiger partial charge in [0.25, 0.3) is 10.0 Å². The first kappa shape index (κ1) is 16.3. The number of nitrogens with zero attached hydrogens (tertiary/aromatic N) is 1. The number of rotatable bonds is 5. The van der Waals surface area contributed by atoms with Crippen molar-refractivity contribution in [3.8, 4) is 11.5 Å². The number of anilines is 1. The molecule has 1 aromatic carbocycles. The predicted octanol–water partition coefficient (Wildman–Crippen LogP) is 3.83. The highest BCUT2D eigenvalue weighted by Crippen LogP contribution is 2.37. The average Bonchev–Trinajstić information content (AvgIpc) is 3.10. The molecule has 0 fully saturated rings. The summed E-state index contributed by atoms with van der Waals surface area (Å²) in [6.45, 7) is 0. The summed E-state index contributed by atoms with van der Waals surface area (Å²) in [5, 5.41) is 0.264. The molecule has 6 nitrogen and oxygen atoms in total. The molecule has 3 aromatic rings. The highest BCUT2D eigenvalue weighted by Gasteiger charge is 2.19. The maximum atomic E-state index is 12.3. The second-order valence-corrected chi connectivity index (χ2v) is 9.01. The first-order valence-electron chi connectivity index (χ1n) is 6.23. The van der Waals surface area contributed by atoms with Crippen LogP contribution in [0.3, 0.4) is 0 Å². The molecule has 0 aliphatic carbocycles. The quantitative estimate of drug-likeness (QED) is 0.716. The second-order valence-electron chi connectivity index (χ2n) is 4.36. The van der Waals surface area contributed by atoms with Crippen LogP contribution in [-0.2, 0) is 10.0 Å². The summed E-state index contributed by atoms with van der Waals surface area (Å²) in [6.07, 6.45) is 0. The largest absolute Gasteiger partial charge is 0.493 e. The third-order valence-corrected chi connectivity index (χ3v) is 7.05. The van der Waals surface area contributed by atoms with Crippen LogP contribution < -0.4 is 14.2 Å². The van der Waals surface area contributed by atoms with Gasteiger partial charge >= 0.3 is 0 Å². The van der Waals surface area contributed by atoms with Crippen molar-refractivity contribution in [1.82, 2.24) is 4.98 Å². The highest BCUT2D eigenvalue weighted by atomic mass is 35.5. The fraction of sp³-hybridized carbons (Fsp3) is 0.154. The van der Waals surface area contributed by atoms with Crippen molar-refractivity contribution in [1.29, 1.82) is 0 Å². The van der Waals surface area contributed by atoms with Gasteiger partial charge in [-0.3, -0.25) is 4.72 Å². The number of benzene rings is 1. The fourth-order valence-electron chi connectivity index (χ4n) is 1.91. The van der Waals surface area contributed by atoms with Crippen molar-refractivity contribution >= 4 is 59.6 Å². The molecule has 10 heteroatoms. The number of methoxy groups -OCH3 is 2. The van der Waals surface area contributed by atoms with Gasteiger partial charge in [-0.05, 0) is 12.1 Å². The second kappa shape index (κ2) is 6.16. The molecule has 122 valence electrons. The van der Waals surface area contributed by atoms with E-state index >= 15 is 0 Å². The SMILES string of the molecule is COc1cc2nc(NS(=O)(=O)c3ccc(Cl)s3)sc2cc1OC. The molecule has 2 heterocycles. The summed E-state index contributed by atoms with van der Waals surface area (Å²) < 4.78 is 38.8. The summed E-state index contributed by atoms with van der Waals surface area (Å²) in [5.74, 6) is 1.09. The summed E-state index contributed by atoms with van der Waals surface area (Å²) in [5.41, 5.74) is 0.620. The van der Waals surface area contributed by atoms with Gasteiger partial charge in [0, 0.05) is 12.1 Å². The van der Waals surface area contributed by atoms with Crippen LogP contribution in [0.4, 0.5) is 5.13 Å². The van der Waals surface area contributed by atoms with Gasteiger partial charge in [-0.1, -0.05) is 22.9 Å². The average molecular weight is 391 g/mol. The van der Waals surface area contributed by atoms with Crippen LogP contribution in [0.5, 0.6) is 11.5 Å². The van der Waals surface area contributed by atoms with Crippen LogP contribution >= 0.6 is 34.3 Å². The van der Waals surface area contributed by atoms with Gasteiger partial charge in [-0.15, -0.1) is 11.3 Å². The smallest absolute Gasteiger partial charge is 0.273 e. The molecular formula is C13H11ClN2O4S3. The van der Waals surface area contributed by atoms with E-state index in [4.69, 9.17) is 21.1 Å². The Morgan fingerprint density at radius 1 is 1.13 bits per heavy atom. The van der Waals surface area contributed by atoms with Crippen LogP contribution in [0.2, 0.25) is 4.34 Å².